The molecule has 1 fully saturated rings. The Balaban J connectivity index is 2.23. The Labute approximate surface area is 110 Å². The van der Waals surface area contributed by atoms with Crippen molar-refractivity contribution < 1.29 is 13.2 Å². The average molecular weight is 290 g/mol. The highest BCUT2D eigenvalue weighted by Crippen LogP contribution is 2.22. The summed E-state index contributed by atoms with van der Waals surface area (Å²) in [5, 5.41) is 2.91. The molecule has 8 heteroatoms. The zero-order chi connectivity index (χ0) is 13.3. The molecule has 0 bridgehead atoms. The third-order valence-electron chi connectivity index (χ3n) is 2.56. The van der Waals surface area contributed by atoms with E-state index in [0.717, 1.165) is 0 Å². The minimum Gasteiger partial charge on any atom is -0.398 e. The third kappa shape index (κ3) is 2.74. The van der Waals surface area contributed by atoms with Crippen LogP contribution >= 0.6 is 11.6 Å². The molecule has 1 saturated heterocycles. The lowest BCUT2D eigenvalue weighted by Crippen LogP contribution is -2.36. The second-order valence-electron chi connectivity index (χ2n) is 4.01. The number of hydrogen-bond donors (Lipinski definition) is 3. The van der Waals surface area contributed by atoms with Crippen molar-refractivity contribution >= 4 is 33.2 Å². The number of hydrogen-bond acceptors (Lipinski definition) is 4. The van der Waals surface area contributed by atoms with Gasteiger partial charge in [-0.3, -0.25) is 4.79 Å². The molecule has 0 aromatic heterocycles. The topological polar surface area (TPSA) is 101 Å². The fourth-order valence-electron chi connectivity index (χ4n) is 1.74. The van der Waals surface area contributed by atoms with Gasteiger partial charge < -0.3 is 11.1 Å². The van der Waals surface area contributed by atoms with Gasteiger partial charge in [0.25, 0.3) is 0 Å². The van der Waals surface area contributed by atoms with Crippen molar-refractivity contribution in [1.82, 2.24) is 10.0 Å². The van der Waals surface area contributed by atoms with Crippen LogP contribution in [0.5, 0.6) is 0 Å². The summed E-state index contributed by atoms with van der Waals surface area (Å²) in [6, 6.07) is 3.71. The predicted molar refractivity (Wildman–Crippen MR) is 67.6 cm³/mol. The van der Waals surface area contributed by atoms with Gasteiger partial charge >= 0.3 is 0 Å². The number of anilines is 1. The molecule has 2 rings (SSSR count). The number of nitrogens with two attached hydrogens (primary N) is 1. The molecule has 1 aliphatic rings. The molecule has 6 nitrogen and oxygen atoms in total. The number of carbonyl (C=O) groups excluding carboxylic acids is 1. The summed E-state index contributed by atoms with van der Waals surface area (Å²) in [4.78, 5) is 11.0. The standard InChI is InChI=1S/C10H12ClN3O3S/c11-6-1-2-9(8(12)3-6)18(16,17)14-7-4-10(15)13-5-7/h1-3,7,14H,4-5,12H2,(H,13,15). The van der Waals surface area contributed by atoms with Crippen molar-refractivity contribution in [3.8, 4) is 0 Å². The molecule has 98 valence electrons. The van der Waals surface area contributed by atoms with Gasteiger partial charge in [-0.05, 0) is 18.2 Å². The van der Waals surface area contributed by atoms with Crippen molar-refractivity contribution in [3.63, 3.8) is 0 Å². The molecule has 0 saturated carbocycles. The number of carbonyl (C=O) groups is 1. The second-order valence-corrected chi connectivity index (χ2v) is 6.13. The van der Waals surface area contributed by atoms with Crippen LogP contribution < -0.4 is 15.8 Å². The van der Waals surface area contributed by atoms with Crippen LogP contribution in [0.4, 0.5) is 5.69 Å². The lowest BCUT2D eigenvalue weighted by Gasteiger charge is -2.12. The maximum atomic E-state index is 12.1. The lowest BCUT2D eigenvalue weighted by atomic mass is 10.3. The highest BCUT2D eigenvalue weighted by molar-refractivity contribution is 7.89. The Kier molecular flexibility index (Phi) is 3.47. The molecule has 1 amide bonds. The molecule has 1 unspecified atom stereocenters. The Morgan fingerprint density at radius 3 is 2.72 bits per heavy atom. The highest BCUT2D eigenvalue weighted by atomic mass is 35.5. The van der Waals surface area contributed by atoms with E-state index in [1.54, 1.807) is 0 Å². The van der Waals surface area contributed by atoms with Gasteiger partial charge in [-0.1, -0.05) is 11.6 Å². The summed E-state index contributed by atoms with van der Waals surface area (Å²) in [6.07, 6.45) is 0.132. The largest absolute Gasteiger partial charge is 0.398 e. The Morgan fingerprint density at radius 1 is 1.44 bits per heavy atom. The number of sulfonamides is 1. The summed E-state index contributed by atoms with van der Waals surface area (Å²) in [6.45, 7) is 0.283. The molecule has 1 aliphatic heterocycles. The molecule has 1 aromatic carbocycles. The first-order chi connectivity index (χ1) is 8.38. The van der Waals surface area contributed by atoms with Crippen molar-refractivity contribution in [3.05, 3.63) is 23.2 Å². The van der Waals surface area contributed by atoms with Crippen molar-refractivity contribution in [1.29, 1.82) is 0 Å². The van der Waals surface area contributed by atoms with E-state index in [0.29, 0.717) is 5.02 Å². The van der Waals surface area contributed by atoms with E-state index in [9.17, 15) is 13.2 Å². The van der Waals surface area contributed by atoms with Crippen LogP contribution in [0.15, 0.2) is 23.1 Å². The zero-order valence-electron chi connectivity index (χ0n) is 9.31. The fraction of sp³-hybridized carbons (Fsp3) is 0.300. The first kappa shape index (κ1) is 13.1. The minimum absolute atomic E-state index is 0.0359. The van der Waals surface area contributed by atoms with Crippen LogP contribution in [0.1, 0.15) is 6.42 Å². The predicted octanol–water partition coefficient (Wildman–Crippen LogP) is 0.0890. The Bertz CT molecular complexity index is 588. The zero-order valence-corrected chi connectivity index (χ0v) is 10.9. The third-order valence-corrected chi connectivity index (χ3v) is 4.39. The average Bonchev–Trinajstić information content (AvgIpc) is 2.62. The molecule has 4 N–H and O–H groups in total. The van der Waals surface area contributed by atoms with Gasteiger partial charge in [-0.25, -0.2) is 13.1 Å². The van der Waals surface area contributed by atoms with Crippen LogP contribution in [0, 0.1) is 0 Å². The SMILES string of the molecule is Nc1cc(Cl)ccc1S(=O)(=O)NC1CNC(=O)C1. The Hall–Kier alpha value is -1.31. The molecular weight excluding hydrogens is 278 g/mol. The smallest absolute Gasteiger partial charge is 0.242 e. The van der Waals surface area contributed by atoms with Crippen molar-refractivity contribution in [2.24, 2.45) is 0 Å². The van der Waals surface area contributed by atoms with E-state index in [-0.39, 0.29) is 29.5 Å². The van der Waals surface area contributed by atoms with Crippen LogP contribution in [0.25, 0.3) is 0 Å². The lowest BCUT2D eigenvalue weighted by molar-refractivity contribution is -0.119. The van der Waals surface area contributed by atoms with E-state index >= 15 is 0 Å². The monoisotopic (exact) mass is 289 g/mol. The van der Waals surface area contributed by atoms with E-state index in [1.807, 2.05) is 0 Å². The van der Waals surface area contributed by atoms with Gasteiger partial charge in [0.05, 0.1) is 5.69 Å². The van der Waals surface area contributed by atoms with Crippen molar-refractivity contribution in [2.45, 2.75) is 17.4 Å². The summed E-state index contributed by atoms with van der Waals surface area (Å²) in [7, 11) is -3.74. The summed E-state index contributed by atoms with van der Waals surface area (Å²) in [5.41, 5.74) is 5.70. The van der Waals surface area contributed by atoms with Crippen LogP contribution in [-0.4, -0.2) is 26.9 Å². The summed E-state index contributed by atoms with van der Waals surface area (Å²) < 4.78 is 26.5. The van der Waals surface area contributed by atoms with Crippen LogP contribution in [0.2, 0.25) is 5.02 Å². The molecule has 0 aliphatic carbocycles. The normalized spacial score (nSPS) is 19.8. The summed E-state index contributed by atoms with van der Waals surface area (Å²) in [5.74, 6) is -0.174. The van der Waals surface area contributed by atoms with Crippen LogP contribution in [-0.2, 0) is 14.8 Å². The first-order valence-electron chi connectivity index (χ1n) is 5.22. The number of benzene rings is 1. The molecule has 18 heavy (non-hydrogen) atoms. The van der Waals surface area contributed by atoms with Gasteiger partial charge in [0.1, 0.15) is 4.90 Å². The number of amides is 1. The number of rotatable bonds is 3. The quantitative estimate of drug-likeness (QED) is 0.686. The van der Waals surface area contributed by atoms with E-state index in [4.69, 9.17) is 17.3 Å². The highest BCUT2D eigenvalue weighted by Gasteiger charge is 2.27. The maximum Gasteiger partial charge on any atom is 0.242 e. The van der Waals surface area contributed by atoms with E-state index in [1.165, 1.54) is 18.2 Å². The molecular formula is C10H12ClN3O3S. The first-order valence-corrected chi connectivity index (χ1v) is 7.08. The van der Waals surface area contributed by atoms with Gasteiger partial charge in [-0.2, -0.15) is 0 Å². The van der Waals surface area contributed by atoms with Gasteiger partial charge in [0, 0.05) is 24.0 Å². The van der Waals surface area contributed by atoms with E-state index in [2.05, 4.69) is 10.0 Å². The fourth-order valence-corrected chi connectivity index (χ4v) is 3.26. The van der Waals surface area contributed by atoms with Gasteiger partial charge in [0.15, 0.2) is 0 Å². The van der Waals surface area contributed by atoms with Gasteiger partial charge in [-0.15, -0.1) is 0 Å². The number of nitrogen functional groups attached to an aromatic ring is 1. The molecule has 1 atom stereocenters. The second kappa shape index (κ2) is 4.75. The van der Waals surface area contributed by atoms with Crippen molar-refractivity contribution in [2.75, 3.05) is 12.3 Å². The molecule has 1 heterocycles. The van der Waals surface area contributed by atoms with Gasteiger partial charge in [0.2, 0.25) is 15.9 Å². The minimum atomic E-state index is -3.74. The number of halogens is 1. The van der Waals surface area contributed by atoms with E-state index < -0.39 is 16.1 Å². The molecule has 0 radical (unpaired) electrons. The number of nitrogens with one attached hydrogen (secondary N) is 2. The van der Waals surface area contributed by atoms with Crippen LogP contribution in [0.3, 0.4) is 0 Å². The maximum absolute atomic E-state index is 12.1. The summed E-state index contributed by atoms with van der Waals surface area (Å²) >= 11 is 5.71. The Morgan fingerprint density at radius 2 is 2.17 bits per heavy atom. The molecule has 1 aromatic rings. The molecule has 0 spiro atoms.